The SMILES string of the molecule is COCCCN1C(=O)/C(=C/c2c(OCc3ccc(C)cc3)ccc3ccccc23)SC1=Nc1ccccc1. The van der Waals surface area contributed by atoms with Crippen LogP contribution < -0.4 is 4.74 Å². The Kier molecular flexibility index (Phi) is 8.22. The Hall–Kier alpha value is -3.87. The van der Waals surface area contributed by atoms with Gasteiger partial charge in [0.1, 0.15) is 12.4 Å². The number of thioether (sulfide) groups is 1. The van der Waals surface area contributed by atoms with Crippen molar-refractivity contribution in [2.45, 2.75) is 20.0 Å². The van der Waals surface area contributed by atoms with E-state index in [0.717, 1.165) is 39.8 Å². The zero-order valence-corrected chi connectivity index (χ0v) is 22.4. The second-order valence-corrected chi connectivity index (χ2v) is 10.1. The highest BCUT2D eigenvalue weighted by Gasteiger charge is 2.33. The van der Waals surface area contributed by atoms with Crippen molar-refractivity contribution in [3.8, 4) is 5.75 Å². The van der Waals surface area contributed by atoms with E-state index in [1.807, 2.05) is 54.6 Å². The van der Waals surface area contributed by atoms with Gasteiger partial charge in [-0.05, 0) is 65.7 Å². The van der Waals surface area contributed by atoms with Crippen LogP contribution in [0.15, 0.2) is 101 Å². The normalized spacial score (nSPS) is 15.6. The Morgan fingerprint density at radius 3 is 2.47 bits per heavy atom. The molecule has 1 aliphatic rings. The third kappa shape index (κ3) is 5.98. The number of hydrogen-bond acceptors (Lipinski definition) is 5. The smallest absolute Gasteiger partial charge is 0.266 e. The number of fused-ring (bicyclic) bond motifs is 1. The number of carbonyl (C=O) groups excluding carboxylic acids is 1. The number of hydrogen-bond donors (Lipinski definition) is 0. The molecule has 0 atom stereocenters. The van der Waals surface area contributed by atoms with E-state index in [4.69, 9.17) is 14.5 Å². The predicted octanol–water partition coefficient (Wildman–Crippen LogP) is 7.37. The van der Waals surface area contributed by atoms with Crippen molar-refractivity contribution in [1.82, 2.24) is 4.90 Å². The van der Waals surface area contributed by atoms with Gasteiger partial charge in [-0.3, -0.25) is 9.69 Å². The lowest BCUT2D eigenvalue weighted by molar-refractivity contribution is -0.122. The standard InChI is InChI=1S/C32H30N2O3S/c1-23-13-15-24(16-14-23)22-37-29-18-17-25-9-6-7-12-27(25)28(29)21-30-31(35)34(19-8-20-36-2)32(38-30)33-26-10-4-3-5-11-26/h3-7,9-18,21H,8,19-20,22H2,1-2H3/b30-21-,33-32?. The number of rotatable bonds is 9. The van der Waals surface area contributed by atoms with Crippen LogP contribution in [0.25, 0.3) is 16.8 Å². The van der Waals surface area contributed by atoms with Crippen LogP contribution in [-0.2, 0) is 16.1 Å². The van der Waals surface area contributed by atoms with Crippen LogP contribution in [0.3, 0.4) is 0 Å². The zero-order chi connectivity index (χ0) is 26.3. The van der Waals surface area contributed by atoms with Crippen LogP contribution in [0, 0.1) is 6.92 Å². The molecule has 0 N–H and O–H groups in total. The zero-order valence-electron chi connectivity index (χ0n) is 21.6. The first-order chi connectivity index (χ1) is 18.6. The lowest BCUT2D eigenvalue weighted by Crippen LogP contribution is -2.30. The Morgan fingerprint density at radius 2 is 1.68 bits per heavy atom. The number of amidine groups is 1. The van der Waals surface area contributed by atoms with Gasteiger partial charge in [0.05, 0.1) is 10.6 Å². The molecule has 38 heavy (non-hydrogen) atoms. The molecule has 0 aromatic heterocycles. The molecule has 1 amide bonds. The highest BCUT2D eigenvalue weighted by molar-refractivity contribution is 8.18. The van der Waals surface area contributed by atoms with Gasteiger partial charge < -0.3 is 9.47 Å². The van der Waals surface area contributed by atoms with Gasteiger partial charge in [-0.25, -0.2) is 4.99 Å². The molecular weight excluding hydrogens is 492 g/mol. The van der Waals surface area contributed by atoms with Crippen molar-refractivity contribution in [3.05, 3.63) is 113 Å². The van der Waals surface area contributed by atoms with Crippen LogP contribution in [0.4, 0.5) is 5.69 Å². The molecule has 1 saturated heterocycles. The van der Waals surface area contributed by atoms with Crippen LogP contribution >= 0.6 is 11.8 Å². The van der Waals surface area contributed by atoms with E-state index >= 15 is 0 Å². The molecule has 0 aliphatic carbocycles. The molecule has 5 nitrogen and oxygen atoms in total. The molecular formula is C32H30N2O3S. The molecule has 1 heterocycles. The summed E-state index contributed by atoms with van der Waals surface area (Å²) < 4.78 is 11.6. The summed E-state index contributed by atoms with van der Waals surface area (Å²) in [5.74, 6) is 0.683. The topological polar surface area (TPSA) is 51.1 Å². The minimum absolute atomic E-state index is 0.0572. The number of aliphatic imine (C=N–C) groups is 1. The van der Waals surface area contributed by atoms with Gasteiger partial charge in [-0.15, -0.1) is 0 Å². The summed E-state index contributed by atoms with van der Waals surface area (Å²) in [6, 6.07) is 30.3. The summed E-state index contributed by atoms with van der Waals surface area (Å²) >= 11 is 1.40. The maximum absolute atomic E-state index is 13.6. The van der Waals surface area contributed by atoms with E-state index in [9.17, 15) is 4.79 Å². The first-order valence-corrected chi connectivity index (χ1v) is 13.5. The monoisotopic (exact) mass is 522 g/mol. The number of methoxy groups -OCH3 is 1. The highest BCUT2D eigenvalue weighted by atomic mass is 32.2. The summed E-state index contributed by atoms with van der Waals surface area (Å²) in [6.07, 6.45) is 2.68. The number of ether oxygens (including phenoxy) is 2. The number of benzene rings is 4. The van der Waals surface area contributed by atoms with Crippen molar-refractivity contribution in [3.63, 3.8) is 0 Å². The third-order valence-corrected chi connectivity index (χ3v) is 7.33. The summed E-state index contributed by atoms with van der Waals surface area (Å²) in [4.78, 5) is 20.8. The van der Waals surface area contributed by atoms with Crippen molar-refractivity contribution in [2.24, 2.45) is 4.99 Å². The molecule has 1 fully saturated rings. The number of aryl methyl sites for hydroxylation is 1. The van der Waals surface area contributed by atoms with E-state index in [-0.39, 0.29) is 5.91 Å². The predicted molar refractivity (Wildman–Crippen MR) is 157 cm³/mol. The molecule has 5 rings (SSSR count). The van der Waals surface area contributed by atoms with Crippen molar-refractivity contribution < 1.29 is 14.3 Å². The Labute approximate surface area is 227 Å². The van der Waals surface area contributed by atoms with Crippen LogP contribution in [0.5, 0.6) is 5.75 Å². The first-order valence-electron chi connectivity index (χ1n) is 12.7. The second kappa shape index (κ2) is 12.1. The highest BCUT2D eigenvalue weighted by Crippen LogP contribution is 2.38. The number of carbonyl (C=O) groups is 1. The van der Waals surface area contributed by atoms with E-state index in [2.05, 4.69) is 49.4 Å². The lowest BCUT2D eigenvalue weighted by Gasteiger charge is -2.15. The Bertz CT molecular complexity index is 1480. The average Bonchev–Trinajstić information content (AvgIpc) is 3.23. The maximum atomic E-state index is 13.6. The fraction of sp³-hybridized carbons (Fsp3) is 0.188. The summed E-state index contributed by atoms with van der Waals surface area (Å²) in [5, 5.41) is 2.80. The quantitative estimate of drug-likeness (QED) is 0.170. The largest absolute Gasteiger partial charge is 0.488 e. The van der Waals surface area contributed by atoms with Gasteiger partial charge in [0.15, 0.2) is 5.17 Å². The first kappa shape index (κ1) is 25.8. The van der Waals surface area contributed by atoms with Gasteiger partial charge >= 0.3 is 0 Å². The molecule has 0 saturated carbocycles. The van der Waals surface area contributed by atoms with Gasteiger partial charge in [-0.1, -0.05) is 78.4 Å². The molecule has 0 bridgehead atoms. The minimum Gasteiger partial charge on any atom is -0.488 e. The van der Waals surface area contributed by atoms with Crippen molar-refractivity contribution in [1.29, 1.82) is 0 Å². The van der Waals surface area contributed by atoms with Crippen LogP contribution in [-0.4, -0.2) is 36.2 Å². The molecule has 1 aliphatic heterocycles. The maximum Gasteiger partial charge on any atom is 0.266 e. The van der Waals surface area contributed by atoms with Crippen molar-refractivity contribution in [2.75, 3.05) is 20.3 Å². The van der Waals surface area contributed by atoms with Gasteiger partial charge in [0.2, 0.25) is 0 Å². The Balaban J connectivity index is 1.51. The summed E-state index contributed by atoms with van der Waals surface area (Å²) in [6.45, 7) is 3.63. The van der Waals surface area contributed by atoms with E-state index < -0.39 is 0 Å². The number of para-hydroxylation sites is 1. The molecule has 6 heteroatoms. The van der Waals surface area contributed by atoms with E-state index in [0.29, 0.717) is 29.8 Å². The molecule has 4 aromatic carbocycles. The number of amides is 1. The van der Waals surface area contributed by atoms with Crippen LogP contribution in [0.2, 0.25) is 0 Å². The molecule has 0 unspecified atom stereocenters. The van der Waals surface area contributed by atoms with Crippen molar-refractivity contribution >= 4 is 45.4 Å². The molecule has 0 spiro atoms. The Morgan fingerprint density at radius 1 is 0.921 bits per heavy atom. The molecule has 0 radical (unpaired) electrons. The van der Waals surface area contributed by atoms with Crippen LogP contribution in [0.1, 0.15) is 23.1 Å². The minimum atomic E-state index is -0.0572. The summed E-state index contributed by atoms with van der Waals surface area (Å²) in [5.41, 5.74) is 4.01. The van der Waals surface area contributed by atoms with Gasteiger partial charge in [0.25, 0.3) is 5.91 Å². The number of nitrogens with zero attached hydrogens (tertiary/aromatic N) is 2. The average molecular weight is 523 g/mol. The second-order valence-electron chi connectivity index (χ2n) is 9.12. The lowest BCUT2D eigenvalue weighted by atomic mass is 10.0. The summed E-state index contributed by atoms with van der Waals surface area (Å²) in [7, 11) is 1.67. The molecule has 4 aromatic rings. The molecule has 192 valence electrons. The van der Waals surface area contributed by atoms with Gasteiger partial charge in [0, 0.05) is 25.8 Å². The fourth-order valence-corrected chi connectivity index (χ4v) is 5.30. The van der Waals surface area contributed by atoms with Gasteiger partial charge in [-0.2, -0.15) is 0 Å². The van der Waals surface area contributed by atoms with E-state index in [1.165, 1.54) is 17.3 Å². The fourth-order valence-electron chi connectivity index (χ4n) is 4.30. The van der Waals surface area contributed by atoms with E-state index in [1.54, 1.807) is 12.0 Å². The third-order valence-electron chi connectivity index (χ3n) is 6.32.